The molecule has 0 amide bonds. The lowest BCUT2D eigenvalue weighted by molar-refractivity contribution is 0.650. The zero-order valence-electron chi connectivity index (χ0n) is 12.7. The second-order valence-corrected chi connectivity index (χ2v) is 6.30. The van der Waals surface area contributed by atoms with Crippen LogP contribution in [0.1, 0.15) is 11.3 Å². The Hall–Kier alpha value is -1.59. The standard InChI is InChI=1S/C16H22N4S/c1-13-4-3-5-15(10-13)19-6-8-20(9-7-19)16-18-14(11-17-2)12-21-16/h3-5,10,12,17H,6-9,11H2,1-2H3. The predicted molar refractivity (Wildman–Crippen MR) is 90.5 cm³/mol. The van der Waals surface area contributed by atoms with E-state index in [9.17, 15) is 0 Å². The summed E-state index contributed by atoms with van der Waals surface area (Å²) >= 11 is 1.75. The molecule has 1 aliphatic heterocycles. The van der Waals surface area contributed by atoms with E-state index < -0.39 is 0 Å². The summed E-state index contributed by atoms with van der Waals surface area (Å²) < 4.78 is 0. The lowest BCUT2D eigenvalue weighted by atomic mass is 10.2. The van der Waals surface area contributed by atoms with E-state index in [-0.39, 0.29) is 0 Å². The minimum absolute atomic E-state index is 0.847. The lowest BCUT2D eigenvalue weighted by Crippen LogP contribution is -2.46. The number of thiazole rings is 1. The molecule has 2 aromatic rings. The van der Waals surface area contributed by atoms with Crippen molar-refractivity contribution in [2.45, 2.75) is 13.5 Å². The second kappa shape index (κ2) is 6.45. The van der Waals surface area contributed by atoms with Crippen LogP contribution in [0.2, 0.25) is 0 Å². The highest BCUT2D eigenvalue weighted by atomic mass is 32.1. The van der Waals surface area contributed by atoms with Crippen LogP contribution in [0.25, 0.3) is 0 Å². The Kier molecular flexibility index (Phi) is 4.41. The summed E-state index contributed by atoms with van der Waals surface area (Å²) in [5, 5.41) is 6.46. The molecule has 1 aliphatic rings. The third kappa shape index (κ3) is 3.36. The minimum Gasteiger partial charge on any atom is -0.368 e. The summed E-state index contributed by atoms with van der Waals surface area (Å²) in [5.74, 6) is 0. The first-order chi connectivity index (χ1) is 10.3. The zero-order chi connectivity index (χ0) is 14.7. The van der Waals surface area contributed by atoms with Crippen molar-refractivity contribution in [2.24, 2.45) is 0 Å². The average molecular weight is 302 g/mol. The number of nitrogens with one attached hydrogen (secondary N) is 1. The largest absolute Gasteiger partial charge is 0.368 e. The fourth-order valence-electron chi connectivity index (χ4n) is 2.68. The zero-order valence-corrected chi connectivity index (χ0v) is 13.5. The number of nitrogens with zero attached hydrogens (tertiary/aromatic N) is 3. The van der Waals surface area contributed by atoms with Gasteiger partial charge in [-0.05, 0) is 31.7 Å². The summed E-state index contributed by atoms with van der Waals surface area (Å²) in [4.78, 5) is 9.56. The van der Waals surface area contributed by atoms with Crippen LogP contribution in [0.5, 0.6) is 0 Å². The quantitative estimate of drug-likeness (QED) is 0.940. The van der Waals surface area contributed by atoms with Gasteiger partial charge in [-0.15, -0.1) is 11.3 Å². The van der Waals surface area contributed by atoms with Crippen molar-refractivity contribution in [1.29, 1.82) is 0 Å². The molecule has 0 radical (unpaired) electrons. The molecular weight excluding hydrogens is 280 g/mol. The van der Waals surface area contributed by atoms with Gasteiger partial charge in [0.05, 0.1) is 5.69 Å². The van der Waals surface area contributed by atoms with Gasteiger partial charge in [0.25, 0.3) is 0 Å². The fourth-order valence-corrected chi connectivity index (χ4v) is 3.56. The Labute approximate surface area is 130 Å². The van der Waals surface area contributed by atoms with Gasteiger partial charge in [-0.2, -0.15) is 0 Å². The van der Waals surface area contributed by atoms with Crippen LogP contribution in [0.4, 0.5) is 10.8 Å². The molecule has 1 aromatic heterocycles. The van der Waals surface area contributed by atoms with E-state index in [1.807, 2.05) is 7.05 Å². The molecule has 0 bridgehead atoms. The van der Waals surface area contributed by atoms with Gasteiger partial charge in [-0.25, -0.2) is 4.98 Å². The summed E-state index contributed by atoms with van der Waals surface area (Å²) in [6, 6.07) is 8.77. The van der Waals surface area contributed by atoms with Crippen LogP contribution in [-0.4, -0.2) is 38.2 Å². The monoisotopic (exact) mass is 302 g/mol. The molecule has 112 valence electrons. The molecular formula is C16H22N4S. The van der Waals surface area contributed by atoms with Gasteiger partial charge in [-0.3, -0.25) is 0 Å². The normalized spacial score (nSPS) is 15.5. The number of aryl methyl sites for hydroxylation is 1. The van der Waals surface area contributed by atoms with E-state index in [0.717, 1.165) is 43.5 Å². The van der Waals surface area contributed by atoms with E-state index in [1.54, 1.807) is 11.3 Å². The molecule has 0 saturated carbocycles. The summed E-state index contributed by atoms with van der Waals surface area (Å²) in [5.41, 5.74) is 3.80. The Bertz CT molecular complexity index is 587. The van der Waals surface area contributed by atoms with Gasteiger partial charge in [0.2, 0.25) is 0 Å². The molecule has 5 heteroatoms. The van der Waals surface area contributed by atoms with Gasteiger partial charge in [-0.1, -0.05) is 12.1 Å². The van der Waals surface area contributed by atoms with Gasteiger partial charge >= 0.3 is 0 Å². The van der Waals surface area contributed by atoms with Gasteiger partial charge < -0.3 is 15.1 Å². The second-order valence-electron chi connectivity index (χ2n) is 5.46. The Morgan fingerprint density at radius 1 is 1.19 bits per heavy atom. The molecule has 0 unspecified atom stereocenters. The topological polar surface area (TPSA) is 31.4 Å². The van der Waals surface area contributed by atoms with Gasteiger partial charge in [0.15, 0.2) is 5.13 Å². The first kappa shape index (κ1) is 14.4. The molecule has 2 heterocycles. The highest BCUT2D eigenvalue weighted by Gasteiger charge is 2.19. The summed E-state index contributed by atoms with van der Waals surface area (Å²) in [6.45, 7) is 7.20. The van der Waals surface area contributed by atoms with Crippen LogP contribution in [-0.2, 0) is 6.54 Å². The summed E-state index contributed by atoms with van der Waals surface area (Å²) in [7, 11) is 1.96. The smallest absolute Gasteiger partial charge is 0.185 e. The number of benzene rings is 1. The molecule has 0 atom stereocenters. The Morgan fingerprint density at radius 2 is 1.95 bits per heavy atom. The van der Waals surface area contributed by atoms with Gasteiger partial charge in [0, 0.05) is 43.8 Å². The highest BCUT2D eigenvalue weighted by Crippen LogP contribution is 2.24. The van der Waals surface area contributed by atoms with Crippen molar-refractivity contribution in [3.05, 3.63) is 40.9 Å². The number of piperazine rings is 1. The molecule has 0 spiro atoms. The Balaban J connectivity index is 1.61. The van der Waals surface area contributed by atoms with Crippen molar-refractivity contribution in [3.8, 4) is 0 Å². The molecule has 0 aliphatic carbocycles. The predicted octanol–water partition coefficient (Wildman–Crippen LogP) is 2.50. The molecule has 1 fully saturated rings. The first-order valence-corrected chi connectivity index (χ1v) is 8.30. The van der Waals surface area contributed by atoms with E-state index in [2.05, 4.69) is 51.7 Å². The van der Waals surface area contributed by atoms with Crippen molar-refractivity contribution in [1.82, 2.24) is 10.3 Å². The fraction of sp³-hybridized carbons (Fsp3) is 0.438. The first-order valence-electron chi connectivity index (χ1n) is 7.42. The maximum absolute atomic E-state index is 4.70. The van der Waals surface area contributed by atoms with E-state index >= 15 is 0 Å². The molecule has 1 aromatic carbocycles. The third-order valence-corrected chi connectivity index (χ3v) is 4.76. The number of rotatable bonds is 4. The Morgan fingerprint density at radius 3 is 2.67 bits per heavy atom. The van der Waals surface area contributed by atoms with Crippen LogP contribution >= 0.6 is 11.3 Å². The van der Waals surface area contributed by atoms with E-state index in [0.29, 0.717) is 0 Å². The van der Waals surface area contributed by atoms with Crippen LogP contribution in [0, 0.1) is 6.92 Å². The number of aromatic nitrogens is 1. The number of hydrogen-bond donors (Lipinski definition) is 1. The number of anilines is 2. The maximum atomic E-state index is 4.70. The highest BCUT2D eigenvalue weighted by molar-refractivity contribution is 7.13. The maximum Gasteiger partial charge on any atom is 0.185 e. The molecule has 1 N–H and O–H groups in total. The average Bonchev–Trinajstić information content (AvgIpc) is 2.97. The van der Waals surface area contributed by atoms with Crippen LogP contribution in [0.15, 0.2) is 29.6 Å². The molecule has 1 saturated heterocycles. The molecule has 4 nitrogen and oxygen atoms in total. The van der Waals surface area contributed by atoms with Crippen molar-refractivity contribution >= 4 is 22.2 Å². The molecule has 3 rings (SSSR count). The van der Waals surface area contributed by atoms with Crippen LogP contribution < -0.4 is 15.1 Å². The number of hydrogen-bond acceptors (Lipinski definition) is 5. The third-order valence-electron chi connectivity index (χ3n) is 3.81. The van der Waals surface area contributed by atoms with Crippen molar-refractivity contribution in [3.63, 3.8) is 0 Å². The van der Waals surface area contributed by atoms with E-state index in [1.165, 1.54) is 11.3 Å². The van der Waals surface area contributed by atoms with Crippen LogP contribution in [0.3, 0.4) is 0 Å². The van der Waals surface area contributed by atoms with Gasteiger partial charge in [0.1, 0.15) is 0 Å². The minimum atomic E-state index is 0.847. The van der Waals surface area contributed by atoms with E-state index in [4.69, 9.17) is 4.98 Å². The van der Waals surface area contributed by atoms with Crippen molar-refractivity contribution < 1.29 is 0 Å². The lowest BCUT2D eigenvalue weighted by Gasteiger charge is -2.36. The summed E-state index contributed by atoms with van der Waals surface area (Å²) in [6.07, 6.45) is 0. The van der Waals surface area contributed by atoms with Crippen molar-refractivity contribution in [2.75, 3.05) is 43.0 Å². The SMILES string of the molecule is CNCc1csc(N2CCN(c3cccc(C)c3)CC2)n1. The molecule has 21 heavy (non-hydrogen) atoms.